The average Bonchev–Trinajstić information content (AvgIpc) is 2.73. The molecule has 1 N–H and O–H groups in total. The maximum absolute atomic E-state index is 12.6. The Bertz CT molecular complexity index is 926. The Morgan fingerprint density at radius 1 is 0.857 bits per heavy atom. The largest absolute Gasteiger partial charge is 0.456 e. The first-order valence-electron chi connectivity index (χ1n) is 8.98. The van der Waals surface area contributed by atoms with Gasteiger partial charge in [-0.1, -0.05) is 60.7 Å². The molecule has 28 heavy (non-hydrogen) atoms. The summed E-state index contributed by atoms with van der Waals surface area (Å²) < 4.78 is 11.1. The van der Waals surface area contributed by atoms with Gasteiger partial charge in [0.05, 0.1) is 0 Å². The average molecular weight is 375 g/mol. The third-order valence-electron chi connectivity index (χ3n) is 4.04. The first-order chi connectivity index (χ1) is 13.6. The molecule has 0 aliphatic carbocycles. The summed E-state index contributed by atoms with van der Waals surface area (Å²) in [6.07, 6.45) is -0.930. The SMILES string of the molecule is C[C@@H](OC(=O)c1ccccc1Oc1ccccc1)C(=O)NCc1ccccc1. The second-order valence-electron chi connectivity index (χ2n) is 6.16. The second-order valence-corrected chi connectivity index (χ2v) is 6.16. The fraction of sp³-hybridized carbons (Fsp3) is 0.130. The maximum Gasteiger partial charge on any atom is 0.342 e. The molecule has 5 nitrogen and oxygen atoms in total. The molecule has 0 saturated heterocycles. The van der Waals surface area contributed by atoms with Gasteiger partial charge in [-0.05, 0) is 36.8 Å². The van der Waals surface area contributed by atoms with Crippen molar-refractivity contribution in [2.24, 2.45) is 0 Å². The van der Waals surface area contributed by atoms with E-state index < -0.39 is 12.1 Å². The van der Waals surface area contributed by atoms with Crippen molar-refractivity contribution in [3.63, 3.8) is 0 Å². The van der Waals surface area contributed by atoms with Crippen LogP contribution in [-0.2, 0) is 16.1 Å². The van der Waals surface area contributed by atoms with Crippen molar-refractivity contribution < 1.29 is 19.1 Å². The highest BCUT2D eigenvalue weighted by Gasteiger charge is 2.21. The van der Waals surface area contributed by atoms with Gasteiger partial charge < -0.3 is 14.8 Å². The molecule has 1 amide bonds. The van der Waals surface area contributed by atoms with Crippen molar-refractivity contribution in [3.8, 4) is 11.5 Å². The molecule has 0 spiro atoms. The van der Waals surface area contributed by atoms with E-state index in [1.165, 1.54) is 0 Å². The smallest absolute Gasteiger partial charge is 0.342 e. The highest BCUT2D eigenvalue weighted by molar-refractivity contribution is 5.94. The van der Waals surface area contributed by atoms with Crippen LogP contribution in [0, 0.1) is 0 Å². The summed E-state index contributed by atoms with van der Waals surface area (Å²) in [4.78, 5) is 24.8. The van der Waals surface area contributed by atoms with E-state index in [2.05, 4.69) is 5.32 Å². The number of para-hydroxylation sites is 2. The maximum atomic E-state index is 12.6. The van der Waals surface area contributed by atoms with Crippen LogP contribution < -0.4 is 10.1 Å². The lowest BCUT2D eigenvalue weighted by molar-refractivity contribution is -0.129. The lowest BCUT2D eigenvalue weighted by atomic mass is 10.2. The van der Waals surface area contributed by atoms with Crippen molar-refractivity contribution in [3.05, 3.63) is 96.1 Å². The molecule has 3 aromatic carbocycles. The van der Waals surface area contributed by atoms with Crippen molar-refractivity contribution in [1.82, 2.24) is 5.32 Å². The van der Waals surface area contributed by atoms with Crippen molar-refractivity contribution >= 4 is 11.9 Å². The van der Waals surface area contributed by atoms with Crippen LogP contribution in [-0.4, -0.2) is 18.0 Å². The molecule has 5 heteroatoms. The van der Waals surface area contributed by atoms with Crippen LogP contribution in [0.1, 0.15) is 22.8 Å². The molecule has 3 rings (SSSR count). The van der Waals surface area contributed by atoms with Crippen LogP contribution in [0.3, 0.4) is 0 Å². The van der Waals surface area contributed by atoms with E-state index in [0.717, 1.165) is 5.56 Å². The minimum Gasteiger partial charge on any atom is -0.456 e. The zero-order valence-corrected chi connectivity index (χ0v) is 15.5. The predicted molar refractivity (Wildman–Crippen MR) is 106 cm³/mol. The Kier molecular flexibility index (Phi) is 6.41. The fourth-order valence-electron chi connectivity index (χ4n) is 2.55. The first-order valence-corrected chi connectivity index (χ1v) is 8.98. The third kappa shape index (κ3) is 5.20. The van der Waals surface area contributed by atoms with Crippen LogP contribution in [0.2, 0.25) is 0 Å². The Hall–Kier alpha value is -3.60. The fourth-order valence-corrected chi connectivity index (χ4v) is 2.55. The molecule has 0 aromatic heterocycles. The molecule has 0 radical (unpaired) electrons. The summed E-state index contributed by atoms with van der Waals surface area (Å²) in [5, 5.41) is 2.76. The first kappa shape index (κ1) is 19.2. The number of ether oxygens (including phenoxy) is 2. The molecule has 0 unspecified atom stereocenters. The summed E-state index contributed by atoms with van der Waals surface area (Å²) in [5.74, 6) is -0.000416. The van der Waals surface area contributed by atoms with Crippen molar-refractivity contribution in [2.75, 3.05) is 0 Å². The van der Waals surface area contributed by atoms with Gasteiger partial charge in [0.25, 0.3) is 5.91 Å². The molecule has 3 aromatic rings. The minimum atomic E-state index is -0.930. The molecule has 0 heterocycles. The monoisotopic (exact) mass is 375 g/mol. The molecule has 0 aliphatic rings. The van der Waals surface area contributed by atoms with E-state index in [-0.39, 0.29) is 11.5 Å². The van der Waals surface area contributed by atoms with Crippen LogP contribution in [0.5, 0.6) is 11.5 Å². The minimum absolute atomic E-state index is 0.258. The van der Waals surface area contributed by atoms with Gasteiger partial charge in [-0.2, -0.15) is 0 Å². The lowest BCUT2D eigenvalue weighted by Gasteiger charge is -2.15. The lowest BCUT2D eigenvalue weighted by Crippen LogP contribution is -2.35. The number of carbonyl (C=O) groups excluding carboxylic acids is 2. The molecule has 1 atom stereocenters. The van der Waals surface area contributed by atoms with Crippen molar-refractivity contribution in [2.45, 2.75) is 19.6 Å². The molecular weight excluding hydrogens is 354 g/mol. The summed E-state index contributed by atoms with van der Waals surface area (Å²) in [7, 11) is 0. The summed E-state index contributed by atoms with van der Waals surface area (Å²) in [6.45, 7) is 1.91. The Labute approximate surface area is 163 Å². The molecular formula is C23H21NO4. The molecule has 0 saturated carbocycles. The highest BCUT2D eigenvalue weighted by atomic mass is 16.5. The number of carbonyl (C=O) groups is 2. The Balaban J connectivity index is 1.61. The molecule has 0 bridgehead atoms. The second kappa shape index (κ2) is 9.37. The van der Waals surface area contributed by atoms with Gasteiger partial charge in [-0.3, -0.25) is 4.79 Å². The van der Waals surface area contributed by atoms with Gasteiger partial charge in [0.2, 0.25) is 0 Å². The van der Waals surface area contributed by atoms with Gasteiger partial charge in [0.15, 0.2) is 6.10 Å². The van der Waals surface area contributed by atoms with Gasteiger partial charge in [0.1, 0.15) is 17.1 Å². The van der Waals surface area contributed by atoms with Gasteiger partial charge in [-0.15, -0.1) is 0 Å². The zero-order chi connectivity index (χ0) is 19.8. The van der Waals surface area contributed by atoms with Gasteiger partial charge in [-0.25, -0.2) is 4.79 Å². The van der Waals surface area contributed by atoms with E-state index in [0.29, 0.717) is 18.0 Å². The number of esters is 1. The topological polar surface area (TPSA) is 64.6 Å². The van der Waals surface area contributed by atoms with Crippen LogP contribution >= 0.6 is 0 Å². The number of hydrogen-bond donors (Lipinski definition) is 1. The zero-order valence-electron chi connectivity index (χ0n) is 15.5. The Morgan fingerprint density at radius 2 is 1.46 bits per heavy atom. The van der Waals surface area contributed by atoms with E-state index in [9.17, 15) is 9.59 Å². The number of benzene rings is 3. The molecule has 142 valence electrons. The van der Waals surface area contributed by atoms with Crippen LogP contribution in [0.15, 0.2) is 84.9 Å². The van der Waals surface area contributed by atoms with Crippen LogP contribution in [0.25, 0.3) is 0 Å². The summed E-state index contributed by atoms with van der Waals surface area (Å²) in [6, 6.07) is 25.5. The van der Waals surface area contributed by atoms with Gasteiger partial charge in [0, 0.05) is 6.54 Å². The number of rotatable bonds is 7. The molecule has 0 aliphatic heterocycles. The number of hydrogen-bond acceptors (Lipinski definition) is 4. The summed E-state index contributed by atoms with van der Waals surface area (Å²) in [5.41, 5.74) is 1.23. The van der Waals surface area contributed by atoms with Crippen molar-refractivity contribution in [1.29, 1.82) is 0 Å². The molecule has 0 fully saturated rings. The summed E-state index contributed by atoms with van der Waals surface area (Å²) >= 11 is 0. The third-order valence-corrected chi connectivity index (χ3v) is 4.04. The van der Waals surface area contributed by atoms with E-state index >= 15 is 0 Å². The van der Waals surface area contributed by atoms with E-state index in [4.69, 9.17) is 9.47 Å². The highest BCUT2D eigenvalue weighted by Crippen LogP contribution is 2.25. The number of nitrogens with one attached hydrogen (secondary N) is 1. The Morgan fingerprint density at radius 3 is 2.18 bits per heavy atom. The van der Waals surface area contributed by atoms with E-state index in [1.807, 2.05) is 48.5 Å². The van der Waals surface area contributed by atoms with E-state index in [1.54, 1.807) is 43.3 Å². The number of amides is 1. The predicted octanol–water partition coefficient (Wildman–Crippen LogP) is 4.34. The standard InChI is InChI=1S/C23H21NO4/c1-17(22(25)24-16-18-10-4-2-5-11-18)27-23(26)20-14-8-9-15-21(20)28-19-12-6-3-7-13-19/h2-15,17H,16H2,1H3,(H,24,25)/t17-/m1/s1. The normalized spacial score (nSPS) is 11.3. The quantitative estimate of drug-likeness (QED) is 0.624. The van der Waals surface area contributed by atoms with Gasteiger partial charge >= 0.3 is 5.97 Å². The van der Waals surface area contributed by atoms with Crippen LogP contribution in [0.4, 0.5) is 0 Å².